The molecule has 0 heterocycles. The fraction of sp³-hybridized carbons (Fsp3) is 0.833. The predicted octanol–water partition coefficient (Wildman–Crippen LogP) is 3.51. The van der Waals surface area contributed by atoms with Gasteiger partial charge in [0.25, 0.3) is 0 Å². The highest BCUT2D eigenvalue weighted by molar-refractivity contribution is 4.98. The molecule has 0 aliphatic carbocycles. The topological polar surface area (TPSA) is 12.0 Å². The maximum atomic E-state index is 3.13. The zero-order chi connectivity index (χ0) is 9.94. The van der Waals surface area contributed by atoms with Crippen LogP contribution in [0, 0.1) is 0 Å². The van der Waals surface area contributed by atoms with Crippen LogP contribution in [0.3, 0.4) is 0 Å². The van der Waals surface area contributed by atoms with Crippen molar-refractivity contribution < 1.29 is 0 Å². The van der Waals surface area contributed by atoms with Crippen LogP contribution in [0.1, 0.15) is 52.4 Å². The first-order chi connectivity index (χ1) is 6.31. The van der Waals surface area contributed by atoms with Crippen LogP contribution in [0.5, 0.6) is 0 Å². The summed E-state index contributed by atoms with van der Waals surface area (Å²) in [4.78, 5) is 0. The molecule has 1 heteroatoms. The highest BCUT2D eigenvalue weighted by Gasteiger charge is 1.91. The van der Waals surface area contributed by atoms with Crippen LogP contribution < -0.4 is 5.32 Å². The van der Waals surface area contributed by atoms with Crippen LogP contribution in [0.4, 0.5) is 0 Å². The van der Waals surface area contributed by atoms with Gasteiger partial charge in [0, 0.05) is 6.54 Å². The van der Waals surface area contributed by atoms with Crippen LogP contribution in [0.2, 0.25) is 0 Å². The fourth-order valence-corrected chi connectivity index (χ4v) is 1.39. The lowest BCUT2D eigenvalue weighted by molar-refractivity contribution is 0.630. The molecule has 0 spiro atoms. The van der Waals surface area contributed by atoms with Crippen molar-refractivity contribution in [2.24, 2.45) is 0 Å². The standard InChI is InChI=1S/C12H25N/c1-4-5-6-7-8-9-12(2)10-11-13-3/h10,13H,4-9,11H2,1-3H3/b12-10+. The van der Waals surface area contributed by atoms with Gasteiger partial charge in [-0.1, -0.05) is 44.3 Å². The minimum Gasteiger partial charge on any atom is -0.316 e. The Morgan fingerprint density at radius 3 is 2.46 bits per heavy atom. The van der Waals surface area contributed by atoms with E-state index in [9.17, 15) is 0 Å². The summed E-state index contributed by atoms with van der Waals surface area (Å²) in [6, 6.07) is 0. The van der Waals surface area contributed by atoms with Crippen LogP contribution in [0.15, 0.2) is 11.6 Å². The molecule has 78 valence electrons. The summed E-state index contributed by atoms with van der Waals surface area (Å²) in [5, 5.41) is 3.13. The first-order valence-corrected chi connectivity index (χ1v) is 5.61. The van der Waals surface area contributed by atoms with Gasteiger partial charge in [-0.15, -0.1) is 0 Å². The number of likely N-dealkylation sites (N-methyl/N-ethyl adjacent to an activating group) is 1. The second-order valence-corrected chi connectivity index (χ2v) is 3.77. The first-order valence-electron chi connectivity index (χ1n) is 5.61. The molecule has 0 saturated carbocycles. The van der Waals surface area contributed by atoms with Gasteiger partial charge in [0.05, 0.1) is 0 Å². The monoisotopic (exact) mass is 183 g/mol. The SMILES string of the molecule is CCCCCCC/C(C)=C/CNC. The molecule has 0 aromatic rings. The minimum atomic E-state index is 1.01. The Morgan fingerprint density at radius 1 is 1.15 bits per heavy atom. The third-order valence-electron chi connectivity index (χ3n) is 2.33. The number of nitrogens with one attached hydrogen (secondary N) is 1. The Balaban J connectivity index is 3.21. The zero-order valence-electron chi connectivity index (χ0n) is 9.53. The molecule has 0 aromatic heterocycles. The summed E-state index contributed by atoms with van der Waals surface area (Å²) in [7, 11) is 1.99. The van der Waals surface area contributed by atoms with Crippen molar-refractivity contribution in [3.63, 3.8) is 0 Å². The molecular weight excluding hydrogens is 158 g/mol. The molecule has 0 unspecified atom stereocenters. The number of allylic oxidation sites excluding steroid dienone is 1. The van der Waals surface area contributed by atoms with Gasteiger partial charge >= 0.3 is 0 Å². The lowest BCUT2D eigenvalue weighted by atomic mass is 10.1. The Labute approximate surface area is 83.6 Å². The van der Waals surface area contributed by atoms with E-state index in [2.05, 4.69) is 25.2 Å². The van der Waals surface area contributed by atoms with E-state index in [0.29, 0.717) is 0 Å². The van der Waals surface area contributed by atoms with Crippen LogP contribution >= 0.6 is 0 Å². The Kier molecular flexibility index (Phi) is 9.56. The highest BCUT2D eigenvalue weighted by Crippen LogP contribution is 2.09. The van der Waals surface area contributed by atoms with Crippen molar-refractivity contribution >= 4 is 0 Å². The average Bonchev–Trinajstić information content (AvgIpc) is 2.14. The highest BCUT2D eigenvalue weighted by atomic mass is 14.8. The van der Waals surface area contributed by atoms with Crippen LogP contribution in [0.25, 0.3) is 0 Å². The second kappa shape index (κ2) is 9.79. The summed E-state index contributed by atoms with van der Waals surface area (Å²) < 4.78 is 0. The average molecular weight is 183 g/mol. The van der Waals surface area contributed by atoms with Gasteiger partial charge in [-0.2, -0.15) is 0 Å². The molecule has 1 nitrogen and oxygen atoms in total. The van der Waals surface area contributed by atoms with Crippen molar-refractivity contribution in [3.8, 4) is 0 Å². The van der Waals surface area contributed by atoms with Gasteiger partial charge < -0.3 is 5.32 Å². The number of unbranched alkanes of at least 4 members (excludes halogenated alkanes) is 4. The van der Waals surface area contributed by atoms with Crippen molar-refractivity contribution in [3.05, 3.63) is 11.6 Å². The molecule has 0 amide bonds. The number of hydrogen-bond acceptors (Lipinski definition) is 1. The van der Waals surface area contributed by atoms with Crippen molar-refractivity contribution in [2.75, 3.05) is 13.6 Å². The normalized spacial score (nSPS) is 12.1. The Bertz CT molecular complexity index is 127. The van der Waals surface area contributed by atoms with E-state index >= 15 is 0 Å². The fourth-order valence-electron chi connectivity index (χ4n) is 1.39. The van der Waals surface area contributed by atoms with Gasteiger partial charge in [-0.25, -0.2) is 0 Å². The molecule has 0 aliphatic rings. The van der Waals surface area contributed by atoms with E-state index in [0.717, 1.165) is 6.54 Å². The van der Waals surface area contributed by atoms with E-state index in [4.69, 9.17) is 0 Å². The summed E-state index contributed by atoms with van der Waals surface area (Å²) in [6.07, 6.45) is 10.5. The van der Waals surface area contributed by atoms with Gasteiger partial charge in [0.1, 0.15) is 0 Å². The lowest BCUT2D eigenvalue weighted by Gasteiger charge is -2.01. The van der Waals surface area contributed by atoms with Crippen LogP contribution in [-0.2, 0) is 0 Å². The second-order valence-electron chi connectivity index (χ2n) is 3.77. The van der Waals surface area contributed by atoms with E-state index in [1.807, 2.05) is 7.05 Å². The van der Waals surface area contributed by atoms with E-state index < -0.39 is 0 Å². The molecule has 0 aliphatic heterocycles. The largest absolute Gasteiger partial charge is 0.316 e. The van der Waals surface area contributed by atoms with E-state index in [-0.39, 0.29) is 0 Å². The Hall–Kier alpha value is -0.300. The molecule has 0 atom stereocenters. The molecule has 0 rings (SSSR count). The number of hydrogen-bond donors (Lipinski definition) is 1. The molecule has 0 fully saturated rings. The van der Waals surface area contributed by atoms with E-state index in [1.165, 1.54) is 44.1 Å². The third kappa shape index (κ3) is 9.62. The summed E-state index contributed by atoms with van der Waals surface area (Å²) in [6.45, 7) is 5.51. The predicted molar refractivity (Wildman–Crippen MR) is 61.1 cm³/mol. The molecule has 0 aromatic carbocycles. The summed E-state index contributed by atoms with van der Waals surface area (Å²) >= 11 is 0. The van der Waals surface area contributed by atoms with E-state index in [1.54, 1.807) is 0 Å². The molecule has 0 bridgehead atoms. The van der Waals surface area contributed by atoms with Crippen LogP contribution in [-0.4, -0.2) is 13.6 Å². The first kappa shape index (κ1) is 12.7. The third-order valence-corrected chi connectivity index (χ3v) is 2.33. The summed E-state index contributed by atoms with van der Waals surface area (Å²) in [5.41, 5.74) is 1.53. The lowest BCUT2D eigenvalue weighted by Crippen LogP contribution is -2.04. The van der Waals surface area contributed by atoms with Crippen molar-refractivity contribution in [1.29, 1.82) is 0 Å². The molecule has 0 saturated heterocycles. The van der Waals surface area contributed by atoms with Gasteiger partial charge in [0.15, 0.2) is 0 Å². The number of rotatable bonds is 8. The quantitative estimate of drug-likeness (QED) is 0.448. The molecule has 13 heavy (non-hydrogen) atoms. The summed E-state index contributed by atoms with van der Waals surface area (Å²) in [5.74, 6) is 0. The Morgan fingerprint density at radius 2 is 1.85 bits per heavy atom. The van der Waals surface area contributed by atoms with Gasteiger partial charge in [-0.3, -0.25) is 0 Å². The van der Waals surface area contributed by atoms with Gasteiger partial charge in [-0.05, 0) is 26.8 Å². The van der Waals surface area contributed by atoms with Crippen molar-refractivity contribution in [2.45, 2.75) is 52.4 Å². The van der Waals surface area contributed by atoms with Crippen molar-refractivity contribution in [1.82, 2.24) is 5.32 Å². The zero-order valence-corrected chi connectivity index (χ0v) is 9.53. The minimum absolute atomic E-state index is 1.01. The molecular formula is C12H25N. The molecule has 0 radical (unpaired) electrons. The van der Waals surface area contributed by atoms with Gasteiger partial charge in [0.2, 0.25) is 0 Å². The maximum Gasteiger partial charge on any atom is 0.0134 e. The molecule has 1 N–H and O–H groups in total. The maximum absolute atomic E-state index is 3.13. The smallest absolute Gasteiger partial charge is 0.0134 e.